The third-order valence-electron chi connectivity index (χ3n) is 0. The Morgan fingerprint density at radius 2 is 0.727 bits per heavy atom. The Labute approximate surface area is 127 Å². The van der Waals surface area contributed by atoms with Gasteiger partial charge < -0.3 is 0 Å². The van der Waals surface area contributed by atoms with Crippen LogP contribution in [0, 0.1) is 43.7 Å². The third kappa shape index (κ3) is 198. The Morgan fingerprint density at radius 1 is 0.727 bits per heavy atom. The second-order valence-electron chi connectivity index (χ2n) is 1.73. The van der Waals surface area contributed by atoms with Crippen LogP contribution in [0.3, 0.4) is 0 Å². The molecule has 0 aliphatic carbocycles. The largest absolute Gasteiger partial charge is 0.0683 e. The fourth-order valence-electron chi connectivity index (χ4n) is 0. The van der Waals surface area contributed by atoms with Gasteiger partial charge in [-0.15, -0.1) is 0 Å². The third-order valence-corrected chi connectivity index (χ3v) is 0. The van der Waals surface area contributed by atoms with Crippen LogP contribution in [-0.2, 0) is 0 Å². The standard InChI is InChI=1S/C4H10.2C2H6.Ar.I2/c1-4(2)3;2*1-2;;1-2/h4H,1-3H3;2*1-2H3;;. The van der Waals surface area contributed by atoms with Gasteiger partial charge in [0.05, 0.1) is 0 Å². The second kappa shape index (κ2) is 53.4. The van der Waals surface area contributed by atoms with E-state index in [9.17, 15) is 0 Å². The van der Waals surface area contributed by atoms with Gasteiger partial charge >= 0.3 is 0 Å². The summed E-state index contributed by atoms with van der Waals surface area (Å²) in [5, 5.41) is 0. The molecule has 0 heterocycles. The van der Waals surface area contributed by atoms with Gasteiger partial charge in [-0.05, 0) is 5.92 Å². The molecule has 3 heteroatoms. The average Bonchev–Trinajstić information content (AvgIpc) is 1.98. The SMILES string of the molecule is CC.CC.CC(C)C.II.[Ar]. The maximum absolute atomic E-state index is 2.17. The van der Waals surface area contributed by atoms with Crippen LogP contribution in [0.5, 0.6) is 0 Å². The zero-order valence-electron chi connectivity index (χ0n) is 8.69. The molecule has 0 aromatic rings. The van der Waals surface area contributed by atoms with Crippen molar-refractivity contribution in [1.29, 1.82) is 0 Å². The van der Waals surface area contributed by atoms with Crippen LogP contribution in [0.2, 0.25) is 0 Å². The molecule has 76 valence electrons. The fourth-order valence-corrected chi connectivity index (χ4v) is 0. The molecule has 0 saturated heterocycles. The summed E-state index contributed by atoms with van der Waals surface area (Å²) in [6.07, 6.45) is 0. The van der Waals surface area contributed by atoms with Crippen LogP contribution in [0.1, 0.15) is 48.5 Å². The zero-order valence-corrected chi connectivity index (χ0v) is 13.7. The van der Waals surface area contributed by atoms with Crippen molar-refractivity contribution in [3.05, 3.63) is 0 Å². The predicted molar refractivity (Wildman–Crippen MR) is 71.2 cm³/mol. The molecule has 0 fully saturated rings. The van der Waals surface area contributed by atoms with Crippen molar-refractivity contribution in [3.8, 4) is 0 Å². The van der Waals surface area contributed by atoms with Gasteiger partial charge in [-0.1, -0.05) is 48.5 Å². The van der Waals surface area contributed by atoms with E-state index in [0.29, 0.717) is 0 Å². The molecular weight excluding hydrogens is 390 g/mol. The summed E-state index contributed by atoms with van der Waals surface area (Å²) >= 11 is 4.24. The van der Waals surface area contributed by atoms with Crippen molar-refractivity contribution in [2.75, 3.05) is 0 Å². The number of rotatable bonds is 0. The van der Waals surface area contributed by atoms with E-state index in [4.69, 9.17) is 0 Å². The molecule has 0 unspecified atom stereocenters. The summed E-state index contributed by atoms with van der Waals surface area (Å²) in [6.45, 7) is 14.5. The van der Waals surface area contributed by atoms with Crippen LogP contribution in [0.15, 0.2) is 0 Å². The van der Waals surface area contributed by atoms with Gasteiger partial charge in [0.1, 0.15) is 0 Å². The monoisotopic (exact) mass is 412 g/mol. The summed E-state index contributed by atoms with van der Waals surface area (Å²) in [5.74, 6) is 0.833. The fraction of sp³-hybridized carbons (Fsp3) is 1.00. The number of hydrogen-bond donors (Lipinski definition) is 0. The molecular formula is C8H22ArI2. The van der Waals surface area contributed by atoms with E-state index in [1.54, 1.807) is 0 Å². The molecule has 0 aliphatic rings. The smallest absolute Gasteiger partial charge is 0 e. The van der Waals surface area contributed by atoms with Crippen molar-refractivity contribution in [3.63, 3.8) is 0 Å². The second-order valence-corrected chi connectivity index (χ2v) is 1.73. The van der Waals surface area contributed by atoms with Crippen LogP contribution in [0.25, 0.3) is 0 Å². The first-order chi connectivity index (χ1) is 4.73. The van der Waals surface area contributed by atoms with E-state index in [2.05, 4.69) is 58.0 Å². The molecule has 0 N–H and O–H groups in total. The summed E-state index contributed by atoms with van der Waals surface area (Å²) in [4.78, 5) is 0. The molecule has 0 aliphatic heterocycles. The van der Waals surface area contributed by atoms with Crippen molar-refractivity contribution < 1.29 is 37.7 Å². The minimum atomic E-state index is 0. The first kappa shape index (κ1) is 29.2. The Morgan fingerprint density at radius 3 is 0.727 bits per heavy atom. The van der Waals surface area contributed by atoms with E-state index < -0.39 is 0 Å². The molecule has 0 amide bonds. The van der Waals surface area contributed by atoms with E-state index in [1.165, 1.54) is 0 Å². The number of hydrogen-bond acceptors (Lipinski definition) is 0. The van der Waals surface area contributed by atoms with Gasteiger partial charge in [-0.2, -0.15) is 0 Å². The Balaban J connectivity index is -0.0000000152. The van der Waals surface area contributed by atoms with Crippen LogP contribution < -0.4 is 0 Å². The van der Waals surface area contributed by atoms with Crippen molar-refractivity contribution >= 4 is 37.2 Å². The van der Waals surface area contributed by atoms with Gasteiger partial charge in [0.2, 0.25) is 0 Å². The van der Waals surface area contributed by atoms with Gasteiger partial charge in [-0.25, -0.2) is 0 Å². The van der Waals surface area contributed by atoms with Crippen molar-refractivity contribution in [2.24, 2.45) is 5.92 Å². The quantitative estimate of drug-likeness (QED) is 0.462. The van der Waals surface area contributed by atoms with E-state index in [0.717, 1.165) is 5.92 Å². The molecule has 0 spiro atoms. The molecule has 0 aromatic heterocycles. The van der Waals surface area contributed by atoms with Gasteiger partial charge in [0, 0.05) is 75.0 Å². The maximum atomic E-state index is 2.17. The van der Waals surface area contributed by atoms with Crippen LogP contribution in [0.4, 0.5) is 0 Å². The first-order valence-electron chi connectivity index (χ1n) is 3.87. The van der Waals surface area contributed by atoms with E-state index in [1.807, 2.05) is 27.7 Å². The minimum absolute atomic E-state index is 0. The molecule has 0 saturated carbocycles. The van der Waals surface area contributed by atoms with Crippen LogP contribution in [-0.4, -0.2) is 0 Å². The zero-order chi connectivity index (χ0) is 9.58. The summed E-state index contributed by atoms with van der Waals surface area (Å²) < 4.78 is 0. The Bertz CT molecular complexity index is 16.8. The molecule has 11 heavy (non-hydrogen) atoms. The summed E-state index contributed by atoms with van der Waals surface area (Å²) in [6, 6.07) is 0. The van der Waals surface area contributed by atoms with Gasteiger partial charge in [-0.3, -0.25) is 0 Å². The average molecular weight is 412 g/mol. The molecule has 0 nitrogen and oxygen atoms in total. The Kier molecular flexibility index (Phi) is 142. The summed E-state index contributed by atoms with van der Waals surface area (Å²) in [7, 11) is 0. The predicted octanol–water partition coefficient (Wildman–Crippen LogP) is 5.49. The van der Waals surface area contributed by atoms with Gasteiger partial charge in [0.15, 0.2) is 0 Å². The van der Waals surface area contributed by atoms with Crippen molar-refractivity contribution in [1.82, 2.24) is 0 Å². The summed E-state index contributed by atoms with van der Waals surface area (Å²) in [5.41, 5.74) is 0. The molecule has 0 rings (SSSR count). The molecule has 0 radical (unpaired) electrons. The molecule has 0 aromatic carbocycles. The van der Waals surface area contributed by atoms with Gasteiger partial charge in [0.25, 0.3) is 0 Å². The first-order valence-corrected chi connectivity index (χ1v) is 10.2. The maximum Gasteiger partial charge on any atom is 0 e. The Hall–Kier alpha value is 2.72. The van der Waals surface area contributed by atoms with Crippen LogP contribution >= 0.6 is 37.2 Å². The molecule has 0 atom stereocenters. The van der Waals surface area contributed by atoms with E-state index >= 15 is 0 Å². The number of halogens is 2. The topological polar surface area (TPSA) is 0 Å². The molecule has 0 bridgehead atoms. The van der Waals surface area contributed by atoms with Crippen molar-refractivity contribution in [2.45, 2.75) is 48.5 Å². The normalized spacial score (nSPS) is 4.91. The van der Waals surface area contributed by atoms with E-state index in [-0.39, 0.29) is 37.7 Å². The minimum Gasteiger partial charge on any atom is -0.0683 e.